The maximum Gasteiger partial charge on any atom is 0.175 e. The molecule has 0 saturated heterocycles. The Morgan fingerprint density at radius 2 is 2.29 bits per heavy atom. The number of rotatable bonds is 0. The lowest BCUT2D eigenvalue weighted by molar-refractivity contribution is 1.27. The summed E-state index contributed by atoms with van der Waals surface area (Å²) in [5, 5.41) is 0. The second-order valence-electron chi connectivity index (χ2n) is 0.953. The largest absolute Gasteiger partial charge is 0.329 e. The first-order chi connectivity index (χ1) is 3.30. The van der Waals surface area contributed by atoms with Crippen molar-refractivity contribution in [2.24, 2.45) is 0 Å². The third-order valence-corrected chi connectivity index (χ3v) is 2.18. The second-order valence-corrected chi connectivity index (χ2v) is 2.50. The van der Waals surface area contributed by atoms with Crippen molar-refractivity contribution in [1.29, 1.82) is 0 Å². The number of hydrogen-bond donors (Lipinski definition) is 1. The van der Waals surface area contributed by atoms with Gasteiger partial charge in [-0.05, 0) is 31.9 Å². The predicted molar refractivity (Wildman–Crippen MR) is 32.8 cm³/mol. The van der Waals surface area contributed by atoms with Crippen LogP contribution in [0.3, 0.4) is 0 Å². The van der Waals surface area contributed by atoms with E-state index in [0.29, 0.717) is 0 Å². The van der Waals surface area contributed by atoms with Crippen molar-refractivity contribution in [3.05, 3.63) is 15.5 Å². The molecule has 1 radical (unpaired) electrons. The van der Waals surface area contributed by atoms with Gasteiger partial charge in [0.15, 0.2) is 6.33 Å². The summed E-state index contributed by atoms with van der Waals surface area (Å²) in [6.45, 7) is 0. The first-order valence-corrected chi connectivity index (χ1v) is 3.16. The van der Waals surface area contributed by atoms with Crippen LogP contribution in [0.5, 0.6) is 0 Å². The highest BCUT2D eigenvalue weighted by Crippen LogP contribution is 2.15. The lowest BCUT2D eigenvalue weighted by Gasteiger charge is -1.73. The van der Waals surface area contributed by atoms with E-state index in [1.807, 2.05) is 0 Å². The quantitative estimate of drug-likeness (QED) is 0.715. The number of nitrogens with zero attached hydrogens (tertiary/aromatic N) is 1. The fourth-order valence-electron chi connectivity index (χ4n) is 0.227. The van der Waals surface area contributed by atoms with E-state index in [4.69, 9.17) is 0 Å². The number of halogens is 2. The zero-order valence-corrected chi connectivity index (χ0v) is 6.38. The summed E-state index contributed by atoms with van der Waals surface area (Å²) in [5.41, 5.74) is 0. The van der Waals surface area contributed by atoms with E-state index in [9.17, 15) is 0 Å². The number of nitrogens with one attached hydrogen (secondary N) is 1. The molecular formula is C3HBr2N2. The molecule has 1 aromatic heterocycles. The topological polar surface area (TPSA) is 28.7 Å². The SMILES string of the molecule is Brc1n[c][nH]c1Br. The Balaban J connectivity index is 3.12. The molecule has 2 nitrogen and oxygen atoms in total. The molecule has 1 N–H and O–H groups in total. The van der Waals surface area contributed by atoms with Crippen LogP contribution in [0.4, 0.5) is 0 Å². The minimum absolute atomic E-state index is 0.757. The fraction of sp³-hybridized carbons (Fsp3) is 0. The Hall–Kier alpha value is 0.170. The summed E-state index contributed by atoms with van der Waals surface area (Å²) < 4.78 is 1.58. The fourth-order valence-corrected chi connectivity index (χ4v) is 0.592. The van der Waals surface area contributed by atoms with Crippen LogP contribution in [0, 0.1) is 6.33 Å². The van der Waals surface area contributed by atoms with Gasteiger partial charge in [0.05, 0.1) is 0 Å². The van der Waals surface area contributed by atoms with Crippen molar-refractivity contribution in [2.75, 3.05) is 0 Å². The highest BCUT2D eigenvalue weighted by atomic mass is 79.9. The average Bonchev–Trinajstić information content (AvgIpc) is 1.91. The van der Waals surface area contributed by atoms with Crippen LogP contribution in [0.1, 0.15) is 0 Å². The summed E-state index contributed by atoms with van der Waals surface area (Å²) in [4.78, 5) is 6.41. The van der Waals surface area contributed by atoms with Gasteiger partial charge in [-0.3, -0.25) is 0 Å². The summed E-state index contributed by atoms with van der Waals surface area (Å²) in [5.74, 6) is 0. The van der Waals surface area contributed by atoms with Crippen molar-refractivity contribution in [1.82, 2.24) is 9.97 Å². The van der Waals surface area contributed by atoms with E-state index in [1.165, 1.54) is 0 Å². The smallest absolute Gasteiger partial charge is 0.175 e. The van der Waals surface area contributed by atoms with Gasteiger partial charge in [-0.1, -0.05) is 0 Å². The van der Waals surface area contributed by atoms with Crippen LogP contribution in [0.15, 0.2) is 9.21 Å². The highest BCUT2D eigenvalue weighted by molar-refractivity contribution is 9.13. The molecule has 0 saturated carbocycles. The third-order valence-electron chi connectivity index (χ3n) is 0.501. The molecule has 1 aromatic rings. The number of aromatic amines is 1. The number of imidazole rings is 1. The van der Waals surface area contributed by atoms with E-state index >= 15 is 0 Å². The molecule has 0 spiro atoms. The first-order valence-electron chi connectivity index (χ1n) is 1.58. The Kier molecular flexibility index (Phi) is 1.49. The van der Waals surface area contributed by atoms with Crippen LogP contribution >= 0.6 is 31.9 Å². The molecule has 0 aliphatic rings. The predicted octanol–water partition coefficient (Wildman–Crippen LogP) is 1.73. The van der Waals surface area contributed by atoms with E-state index in [-0.39, 0.29) is 0 Å². The lowest BCUT2D eigenvalue weighted by atomic mass is 11.0. The Morgan fingerprint density at radius 3 is 2.43 bits per heavy atom. The normalized spacial score (nSPS) is 9.43. The standard InChI is InChI=1S/C3HBr2N2/c4-2-3(5)7-1-6-2/h(H,6,7). The van der Waals surface area contributed by atoms with Crippen molar-refractivity contribution in [2.45, 2.75) is 0 Å². The van der Waals surface area contributed by atoms with Gasteiger partial charge in [0.1, 0.15) is 9.21 Å². The summed E-state index contributed by atoms with van der Waals surface area (Å²) >= 11 is 6.31. The first kappa shape index (κ1) is 5.31. The van der Waals surface area contributed by atoms with Gasteiger partial charge < -0.3 is 4.98 Å². The van der Waals surface area contributed by atoms with Crippen molar-refractivity contribution >= 4 is 31.9 Å². The van der Waals surface area contributed by atoms with Crippen molar-refractivity contribution in [3.8, 4) is 0 Å². The third kappa shape index (κ3) is 1.04. The molecule has 7 heavy (non-hydrogen) atoms. The van der Waals surface area contributed by atoms with Crippen LogP contribution in [0.2, 0.25) is 0 Å². The summed E-state index contributed by atoms with van der Waals surface area (Å²) in [7, 11) is 0. The van der Waals surface area contributed by atoms with E-state index < -0.39 is 0 Å². The molecule has 0 aliphatic carbocycles. The summed E-state index contributed by atoms with van der Waals surface area (Å²) in [6.07, 6.45) is 2.53. The van der Waals surface area contributed by atoms with Crippen LogP contribution < -0.4 is 0 Å². The van der Waals surface area contributed by atoms with Gasteiger partial charge in [-0.15, -0.1) is 0 Å². The molecular weight excluding hydrogens is 224 g/mol. The van der Waals surface area contributed by atoms with Crippen LogP contribution in [0.25, 0.3) is 0 Å². The van der Waals surface area contributed by atoms with E-state index in [1.54, 1.807) is 0 Å². The molecule has 0 bridgehead atoms. The maximum absolute atomic E-state index is 3.71. The van der Waals surface area contributed by atoms with Gasteiger partial charge in [-0.2, -0.15) is 0 Å². The zero-order chi connectivity index (χ0) is 5.28. The lowest BCUT2D eigenvalue weighted by Crippen LogP contribution is -1.57. The number of hydrogen-bond acceptors (Lipinski definition) is 1. The molecule has 0 atom stereocenters. The van der Waals surface area contributed by atoms with Crippen LogP contribution in [-0.2, 0) is 0 Å². The Bertz CT molecular complexity index is 143. The summed E-state index contributed by atoms with van der Waals surface area (Å²) in [6, 6.07) is 0. The Morgan fingerprint density at radius 1 is 1.57 bits per heavy atom. The van der Waals surface area contributed by atoms with Crippen molar-refractivity contribution in [3.63, 3.8) is 0 Å². The molecule has 37 valence electrons. The molecule has 0 amide bonds. The maximum atomic E-state index is 3.71. The van der Waals surface area contributed by atoms with Gasteiger partial charge in [0.2, 0.25) is 0 Å². The minimum atomic E-state index is 0.757. The minimum Gasteiger partial charge on any atom is -0.329 e. The monoisotopic (exact) mass is 223 g/mol. The second kappa shape index (κ2) is 1.96. The molecule has 0 aliphatic heterocycles. The highest BCUT2D eigenvalue weighted by Gasteiger charge is 1.93. The van der Waals surface area contributed by atoms with Gasteiger partial charge in [-0.25, -0.2) is 4.98 Å². The van der Waals surface area contributed by atoms with Gasteiger partial charge in [0, 0.05) is 0 Å². The van der Waals surface area contributed by atoms with Gasteiger partial charge in [0.25, 0.3) is 0 Å². The molecule has 1 rings (SSSR count). The molecule has 0 fully saturated rings. The molecule has 1 heterocycles. The van der Waals surface area contributed by atoms with Crippen LogP contribution in [-0.4, -0.2) is 9.97 Å². The average molecular weight is 225 g/mol. The molecule has 4 heteroatoms. The van der Waals surface area contributed by atoms with E-state index in [0.717, 1.165) is 9.21 Å². The van der Waals surface area contributed by atoms with Gasteiger partial charge >= 0.3 is 0 Å². The van der Waals surface area contributed by atoms with Crippen molar-refractivity contribution < 1.29 is 0 Å². The van der Waals surface area contributed by atoms with E-state index in [2.05, 4.69) is 48.2 Å². The Labute approximate surface area is 57.6 Å². The zero-order valence-electron chi connectivity index (χ0n) is 3.20. The molecule has 0 aromatic carbocycles. The molecule has 0 unspecified atom stereocenters. The number of H-pyrrole nitrogens is 1. The number of aromatic nitrogens is 2.